The van der Waals surface area contributed by atoms with Crippen molar-refractivity contribution < 1.29 is 0 Å². The summed E-state index contributed by atoms with van der Waals surface area (Å²) in [6.07, 6.45) is 13.1. The van der Waals surface area contributed by atoms with Crippen LogP contribution < -0.4 is 0 Å². The molecule has 0 bridgehead atoms. The van der Waals surface area contributed by atoms with Crippen LogP contribution in [0.3, 0.4) is 0 Å². The summed E-state index contributed by atoms with van der Waals surface area (Å²) in [5.41, 5.74) is 6.18. The van der Waals surface area contributed by atoms with Crippen LogP contribution in [0.2, 0.25) is 0 Å². The molecular weight excluding hydrogens is 508 g/mol. The molecule has 2 aromatic rings. The second kappa shape index (κ2) is 11.5. The third-order valence-electron chi connectivity index (χ3n) is 7.65. The molecule has 0 aromatic heterocycles. The molecule has 31 heavy (non-hydrogen) atoms. The zero-order chi connectivity index (χ0) is 22.4. The van der Waals surface area contributed by atoms with Gasteiger partial charge in [0.05, 0.1) is 0 Å². The van der Waals surface area contributed by atoms with Crippen molar-refractivity contribution in [2.75, 3.05) is 0 Å². The molecule has 2 aromatic carbocycles. The van der Waals surface area contributed by atoms with E-state index in [4.69, 9.17) is 0 Å². The topological polar surface area (TPSA) is 0 Å². The summed E-state index contributed by atoms with van der Waals surface area (Å²) in [7, 11) is 0. The molecule has 0 N–H and O–H groups in total. The fourth-order valence-electron chi connectivity index (χ4n) is 5.84. The Kier molecular flexibility index (Phi) is 9.29. The number of hydrogen-bond acceptors (Lipinski definition) is 0. The Balaban J connectivity index is 2.16. The molecule has 0 fully saturated rings. The van der Waals surface area contributed by atoms with E-state index in [-0.39, 0.29) is 5.41 Å². The highest BCUT2D eigenvalue weighted by atomic mass is 79.9. The van der Waals surface area contributed by atoms with Crippen molar-refractivity contribution >= 4 is 31.9 Å². The minimum atomic E-state index is 0.126. The van der Waals surface area contributed by atoms with Crippen molar-refractivity contribution in [3.63, 3.8) is 0 Å². The highest BCUT2D eigenvalue weighted by Gasteiger charge is 2.45. The fourth-order valence-corrected chi connectivity index (χ4v) is 6.56. The molecule has 0 radical (unpaired) electrons. The van der Waals surface area contributed by atoms with Gasteiger partial charge in [-0.1, -0.05) is 123 Å². The zero-order valence-corrected chi connectivity index (χ0v) is 23.1. The Morgan fingerprint density at radius 2 is 1.10 bits per heavy atom. The summed E-state index contributed by atoms with van der Waals surface area (Å²) in [5, 5.41) is 0. The number of fused-ring (bicyclic) bond motifs is 3. The first-order valence-electron chi connectivity index (χ1n) is 12.6. The molecule has 0 saturated heterocycles. The summed E-state index contributed by atoms with van der Waals surface area (Å²) in [4.78, 5) is 0. The monoisotopic (exact) mass is 546 g/mol. The summed E-state index contributed by atoms with van der Waals surface area (Å²) < 4.78 is 2.43. The largest absolute Gasteiger partial charge is 0.0654 e. The highest BCUT2D eigenvalue weighted by Crippen LogP contribution is 2.57. The second-order valence-electron chi connectivity index (χ2n) is 9.70. The van der Waals surface area contributed by atoms with E-state index >= 15 is 0 Å². The van der Waals surface area contributed by atoms with Crippen molar-refractivity contribution in [3.8, 4) is 11.1 Å². The first-order chi connectivity index (χ1) is 15.0. The van der Waals surface area contributed by atoms with Gasteiger partial charge in [-0.2, -0.15) is 0 Å². The van der Waals surface area contributed by atoms with Gasteiger partial charge in [-0.3, -0.25) is 0 Å². The lowest BCUT2D eigenvalue weighted by Gasteiger charge is -2.38. The molecule has 1 aliphatic carbocycles. The van der Waals surface area contributed by atoms with Gasteiger partial charge >= 0.3 is 0 Å². The first-order valence-corrected chi connectivity index (χ1v) is 14.2. The minimum Gasteiger partial charge on any atom is -0.0654 e. The number of rotatable bonds is 12. The van der Waals surface area contributed by atoms with Gasteiger partial charge in [0.15, 0.2) is 0 Å². The Morgan fingerprint density at radius 3 is 1.45 bits per heavy atom. The Bertz CT molecular complexity index is 782. The lowest BCUT2D eigenvalue weighted by molar-refractivity contribution is 0.266. The lowest BCUT2D eigenvalue weighted by Crippen LogP contribution is -2.31. The van der Waals surface area contributed by atoms with Crippen molar-refractivity contribution in [3.05, 3.63) is 56.5 Å². The van der Waals surface area contributed by atoms with Gasteiger partial charge in [-0.15, -0.1) is 0 Å². The second-order valence-corrected chi connectivity index (χ2v) is 11.5. The van der Waals surface area contributed by atoms with Gasteiger partial charge in [-0.05, 0) is 71.2 Å². The van der Waals surface area contributed by atoms with Crippen LogP contribution in [0.1, 0.15) is 103 Å². The van der Waals surface area contributed by atoms with Gasteiger partial charge in [0.1, 0.15) is 0 Å². The van der Waals surface area contributed by atoms with Gasteiger partial charge in [0.2, 0.25) is 0 Å². The molecule has 0 aliphatic heterocycles. The van der Waals surface area contributed by atoms with Crippen LogP contribution in [0.15, 0.2) is 45.3 Å². The van der Waals surface area contributed by atoms with E-state index in [1.54, 1.807) is 11.1 Å². The predicted molar refractivity (Wildman–Crippen MR) is 144 cm³/mol. The molecular formula is C29H40Br2. The number of hydrogen-bond donors (Lipinski definition) is 0. The molecule has 0 amide bonds. The minimum absolute atomic E-state index is 0.126. The summed E-state index contributed by atoms with van der Waals surface area (Å²) in [6, 6.07) is 14.1. The number of benzene rings is 2. The van der Waals surface area contributed by atoms with Gasteiger partial charge in [0, 0.05) is 14.4 Å². The lowest BCUT2D eigenvalue weighted by atomic mass is 9.65. The molecule has 2 unspecified atom stereocenters. The van der Waals surface area contributed by atoms with Crippen LogP contribution in [0.5, 0.6) is 0 Å². The molecule has 0 spiro atoms. The molecule has 1 aliphatic rings. The van der Waals surface area contributed by atoms with E-state index in [1.807, 2.05) is 0 Å². The van der Waals surface area contributed by atoms with E-state index < -0.39 is 0 Å². The Morgan fingerprint density at radius 1 is 0.677 bits per heavy atom. The first kappa shape index (κ1) is 25.0. The van der Waals surface area contributed by atoms with Crippen LogP contribution in [0, 0.1) is 11.8 Å². The van der Waals surface area contributed by atoms with Crippen LogP contribution in [0.25, 0.3) is 11.1 Å². The van der Waals surface area contributed by atoms with Gasteiger partial charge in [-0.25, -0.2) is 0 Å². The maximum Gasteiger partial charge on any atom is 0.0221 e. The third kappa shape index (κ3) is 5.49. The third-order valence-corrected chi connectivity index (χ3v) is 8.63. The molecule has 0 nitrogen and oxygen atoms in total. The normalized spacial score (nSPS) is 16.1. The zero-order valence-electron chi connectivity index (χ0n) is 19.9. The Hall–Kier alpha value is -0.600. The molecule has 0 saturated carbocycles. The van der Waals surface area contributed by atoms with Crippen molar-refractivity contribution in [2.45, 2.75) is 97.3 Å². The number of halogens is 2. The summed E-state index contributed by atoms with van der Waals surface area (Å²) in [6.45, 7) is 9.46. The average molecular weight is 548 g/mol. The SMILES string of the molecule is CCCCC(CC)CC1(CC(CC)CCCC)c2cc(Br)ccc2-c2ccc(Br)cc21. The fraction of sp³-hybridized carbons (Fsp3) is 0.586. The predicted octanol–water partition coefficient (Wildman–Crippen LogP) is 10.7. The molecule has 2 heteroatoms. The van der Waals surface area contributed by atoms with Crippen LogP contribution in [-0.4, -0.2) is 0 Å². The number of unbranched alkanes of at least 4 members (excludes halogenated alkanes) is 2. The van der Waals surface area contributed by atoms with E-state index in [9.17, 15) is 0 Å². The van der Waals surface area contributed by atoms with E-state index in [0.29, 0.717) is 0 Å². The maximum atomic E-state index is 3.82. The van der Waals surface area contributed by atoms with Crippen LogP contribution in [0.4, 0.5) is 0 Å². The van der Waals surface area contributed by atoms with E-state index in [1.165, 1.54) is 84.3 Å². The van der Waals surface area contributed by atoms with Crippen LogP contribution in [-0.2, 0) is 5.41 Å². The van der Waals surface area contributed by atoms with Crippen molar-refractivity contribution in [2.24, 2.45) is 11.8 Å². The average Bonchev–Trinajstić information content (AvgIpc) is 3.02. The van der Waals surface area contributed by atoms with Gasteiger partial charge in [0.25, 0.3) is 0 Å². The highest BCUT2D eigenvalue weighted by molar-refractivity contribution is 9.10. The van der Waals surface area contributed by atoms with Crippen LogP contribution >= 0.6 is 31.9 Å². The molecule has 170 valence electrons. The standard InChI is InChI=1S/C29H40Br2/c1-5-9-11-21(7-3)19-29(20-22(8-4)12-10-6-2)27-17-23(30)13-15-25(27)26-16-14-24(31)18-28(26)29/h13-18,21-22H,5-12,19-20H2,1-4H3. The van der Waals surface area contributed by atoms with Crippen molar-refractivity contribution in [1.29, 1.82) is 0 Å². The van der Waals surface area contributed by atoms with E-state index in [0.717, 1.165) is 11.8 Å². The smallest absolute Gasteiger partial charge is 0.0221 e. The molecule has 3 rings (SSSR count). The Labute approximate surface area is 207 Å². The quantitative estimate of drug-likeness (QED) is 0.248. The van der Waals surface area contributed by atoms with E-state index in [2.05, 4.69) is 96.0 Å². The maximum absolute atomic E-state index is 3.82. The van der Waals surface area contributed by atoms with Gasteiger partial charge < -0.3 is 0 Å². The van der Waals surface area contributed by atoms with Crippen molar-refractivity contribution in [1.82, 2.24) is 0 Å². The molecule has 2 atom stereocenters. The molecule has 0 heterocycles. The summed E-state index contributed by atoms with van der Waals surface area (Å²) in [5.74, 6) is 1.56. The summed E-state index contributed by atoms with van der Waals surface area (Å²) >= 11 is 7.63.